The fourth-order valence-corrected chi connectivity index (χ4v) is 2.34. The molecule has 0 aromatic heterocycles. The van der Waals surface area contributed by atoms with Crippen LogP contribution >= 0.6 is 0 Å². The number of nitrogens with zero attached hydrogens (tertiary/aromatic N) is 1. The van der Waals surface area contributed by atoms with Crippen LogP contribution in [0.1, 0.15) is 29.8 Å². The molecule has 104 valence electrons. The molecular weight excluding hydrogens is 242 g/mol. The van der Waals surface area contributed by atoms with Crippen LogP contribution in [0.5, 0.6) is 5.75 Å². The Kier molecular flexibility index (Phi) is 4.56. The number of carbonyl (C=O) groups excluding carboxylic acids is 1. The number of Topliss-reactive ketones (excluding diaryl/α,β-unsaturated/α-hetero) is 1. The first-order valence-electron chi connectivity index (χ1n) is 6.61. The van der Waals surface area contributed by atoms with Crippen LogP contribution in [-0.2, 0) is 11.3 Å². The van der Waals surface area contributed by atoms with Gasteiger partial charge in [0.25, 0.3) is 0 Å². The van der Waals surface area contributed by atoms with Gasteiger partial charge < -0.3 is 9.47 Å². The fourth-order valence-electron chi connectivity index (χ4n) is 2.34. The van der Waals surface area contributed by atoms with Gasteiger partial charge in [-0.25, -0.2) is 0 Å². The van der Waals surface area contributed by atoms with E-state index in [4.69, 9.17) is 9.47 Å². The van der Waals surface area contributed by atoms with E-state index in [2.05, 4.69) is 11.8 Å². The molecule has 0 radical (unpaired) electrons. The SMILES string of the molecule is COc1ccc(C(C)=O)cc1CN1CCOCC1C. The molecule has 1 unspecified atom stereocenters. The molecule has 1 atom stereocenters. The molecule has 0 amide bonds. The molecule has 1 aromatic carbocycles. The van der Waals surface area contributed by atoms with Gasteiger partial charge in [0, 0.05) is 30.3 Å². The highest BCUT2D eigenvalue weighted by molar-refractivity contribution is 5.94. The lowest BCUT2D eigenvalue weighted by atomic mass is 10.1. The second-order valence-electron chi connectivity index (χ2n) is 4.98. The smallest absolute Gasteiger partial charge is 0.159 e. The van der Waals surface area contributed by atoms with E-state index in [0.29, 0.717) is 6.04 Å². The zero-order valence-corrected chi connectivity index (χ0v) is 11.8. The molecule has 1 saturated heterocycles. The average molecular weight is 263 g/mol. The second-order valence-corrected chi connectivity index (χ2v) is 4.98. The normalized spacial score (nSPS) is 20.3. The summed E-state index contributed by atoms with van der Waals surface area (Å²) < 4.78 is 10.8. The minimum absolute atomic E-state index is 0.0823. The number of ether oxygens (including phenoxy) is 2. The van der Waals surface area contributed by atoms with Crippen LogP contribution in [0.4, 0.5) is 0 Å². The standard InChI is InChI=1S/C15H21NO3/c1-11-10-19-7-6-16(11)9-14-8-13(12(2)17)4-5-15(14)18-3/h4-5,8,11H,6-7,9-10H2,1-3H3. The molecule has 1 aliphatic heterocycles. The van der Waals surface area contributed by atoms with Crippen LogP contribution in [0.25, 0.3) is 0 Å². The highest BCUT2D eigenvalue weighted by atomic mass is 16.5. The molecular formula is C15H21NO3. The van der Waals surface area contributed by atoms with Crippen molar-refractivity contribution in [3.63, 3.8) is 0 Å². The zero-order valence-electron chi connectivity index (χ0n) is 11.8. The summed E-state index contributed by atoms with van der Waals surface area (Å²) in [5.74, 6) is 0.919. The molecule has 1 heterocycles. The number of rotatable bonds is 4. The highest BCUT2D eigenvalue weighted by Gasteiger charge is 2.20. The highest BCUT2D eigenvalue weighted by Crippen LogP contribution is 2.23. The summed E-state index contributed by atoms with van der Waals surface area (Å²) in [6, 6.07) is 6.01. The van der Waals surface area contributed by atoms with E-state index >= 15 is 0 Å². The molecule has 0 spiro atoms. The number of hydrogen-bond acceptors (Lipinski definition) is 4. The largest absolute Gasteiger partial charge is 0.496 e. The third-order valence-corrected chi connectivity index (χ3v) is 3.57. The summed E-state index contributed by atoms with van der Waals surface area (Å²) in [5, 5.41) is 0. The molecule has 4 heteroatoms. The number of hydrogen-bond donors (Lipinski definition) is 0. The van der Waals surface area contributed by atoms with Crippen molar-refractivity contribution < 1.29 is 14.3 Å². The van der Waals surface area contributed by atoms with E-state index in [1.54, 1.807) is 14.0 Å². The minimum Gasteiger partial charge on any atom is -0.496 e. The summed E-state index contributed by atoms with van der Waals surface area (Å²) in [7, 11) is 1.66. The van der Waals surface area contributed by atoms with Crippen molar-refractivity contribution in [3.8, 4) is 5.75 Å². The first-order chi connectivity index (χ1) is 9.11. The van der Waals surface area contributed by atoms with Crippen molar-refractivity contribution in [1.29, 1.82) is 0 Å². The van der Waals surface area contributed by atoms with Gasteiger partial charge in [-0.05, 0) is 32.0 Å². The quantitative estimate of drug-likeness (QED) is 0.780. The van der Waals surface area contributed by atoms with Crippen LogP contribution in [0.15, 0.2) is 18.2 Å². The molecule has 4 nitrogen and oxygen atoms in total. The van der Waals surface area contributed by atoms with Gasteiger partial charge in [0.1, 0.15) is 5.75 Å². The monoisotopic (exact) mass is 263 g/mol. The van der Waals surface area contributed by atoms with Crippen LogP contribution in [0.2, 0.25) is 0 Å². The third-order valence-electron chi connectivity index (χ3n) is 3.57. The Labute approximate surface area is 114 Å². The summed E-state index contributed by atoms with van der Waals surface area (Å²) in [4.78, 5) is 13.8. The lowest BCUT2D eigenvalue weighted by molar-refractivity contribution is -0.00464. The third kappa shape index (κ3) is 3.33. The Morgan fingerprint density at radius 1 is 1.53 bits per heavy atom. The second kappa shape index (κ2) is 6.17. The molecule has 1 aromatic rings. The lowest BCUT2D eigenvalue weighted by Gasteiger charge is -2.33. The maximum absolute atomic E-state index is 11.5. The molecule has 1 aliphatic rings. The molecule has 19 heavy (non-hydrogen) atoms. The zero-order chi connectivity index (χ0) is 13.8. The van der Waals surface area contributed by atoms with Crippen LogP contribution in [0.3, 0.4) is 0 Å². The average Bonchev–Trinajstić information content (AvgIpc) is 2.41. The fraction of sp³-hybridized carbons (Fsp3) is 0.533. The number of carbonyl (C=O) groups is 1. The van der Waals surface area contributed by atoms with E-state index in [-0.39, 0.29) is 5.78 Å². The number of benzene rings is 1. The van der Waals surface area contributed by atoms with E-state index in [0.717, 1.165) is 43.2 Å². The van der Waals surface area contributed by atoms with Crippen molar-refractivity contribution >= 4 is 5.78 Å². The van der Waals surface area contributed by atoms with Crippen molar-refractivity contribution in [3.05, 3.63) is 29.3 Å². The van der Waals surface area contributed by atoms with E-state index in [9.17, 15) is 4.79 Å². The van der Waals surface area contributed by atoms with Crippen LogP contribution in [-0.4, -0.2) is 43.6 Å². The van der Waals surface area contributed by atoms with Gasteiger partial charge >= 0.3 is 0 Å². The summed E-state index contributed by atoms with van der Waals surface area (Å²) in [5.41, 5.74) is 1.79. The van der Waals surface area contributed by atoms with E-state index in [1.807, 2.05) is 18.2 Å². The number of morpholine rings is 1. The Morgan fingerprint density at radius 3 is 2.95 bits per heavy atom. The summed E-state index contributed by atoms with van der Waals surface area (Å²) >= 11 is 0. The Balaban J connectivity index is 2.21. The molecule has 0 bridgehead atoms. The minimum atomic E-state index is 0.0823. The molecule has 0 N–H and O–H groups in total. The maximum atomic E-state index is 11.5. The molecule has 2 rings (SSSR count). The Bertz CT molecular complexity index is 459. The first kappa shape index (κ1) is 14.0. The number of ketones is 1. The number of methoxy groups -OCH3 is 1. The van der Waals surface area contributed by atoms with Gasteiger partial charge in [-0.1, -0.05) is 0 Å². The predicted molar refractivity (Wildman–Crippen MR) is 73.7 cm³/mol. The Morgan fingerprint density at radius 2 is 2.32 bits per heavy atom. The van der Waals surface area contributed by atoms with Gasteiger partial charge in [-0.15, -0.1) is 0 Å². The Hall–Kier alpha value is -1.39. The van der Waals surface area contributed by atoms with Crippen molar-refractivity contribution in [2.45, 2.75) is 26.4 Å². The molecule has 1 fully saturated rings. The van der Waals surface area contributed by atoms with Crippen LogP contribution in [0, 0.1) is 0 Å². The predicted octanol–water partition coefficient (Wildman–Crippen LogP) is 2.12. The van der Waals surface area contributed by atoms with Gasteiger partial charge in [0.15, 0.2) is 5.78 Å². The summed E-state index contributed by atoms with van der Waals surface area (Å²) in [6.45, 7) is 6.96. The van der Waals surface area contributed by atoms with Gasteiger partial charge in [0.05, 0.1) is 20.3 Å². The van der Waals surface area contributed by atoms with E-state index in [1.165, 1.54) is 0 Å². The van der Waals surface area contributed by atoms with Crippen LogP contribution < -0.4 is 4.74 Å². The van der Waals surface area contributed by atoms with Gasteiger partial charge in [-0.3, -0.25) is 9.69 Å². The molecule has 0 aliphatic carbocycles. The van der Waals surface area contributed by atoms with Crippen molar-refractivity contribution in [2.75, 3.05) is 26.9 Å². The molecule has 0 saturated carbocycles. The van der Waals surface area contributed by atoms with Crippen molar-refractivity contribution in [1.82, 2.24) is 4.90 Å². The topological polar surface area (TPSA) is 38.8 Å². The summed E-state index contributed by atoms with van der Waals surface area (Å²) in [6.07, 6.45) is 0. The maximum Gasteiger partial charge on any atom is 0.159 e. The van der Waals surface area contributed by atoms with Crippen molar-refractivity contribution in [2.24, 2.45) is 0 Å². The van der Waals surface area contributed by atoms with Gasteiger partial charge in [0.2, 0.25) is 0 Å². The van der Waals surface area contributed by atoms with E-state index < -0.39 is 0 Å². The lowest BCUT2D eigenvalue weighted by Crippen LogP contribution is -2.43. The first-order valence-corrected chi connectivity index (χ1v) is 6.61. The van der Waals surface area contributed by atoms with Gasteiger partial charge in [-0.2, -0.15) is 0 Å².